The van der Waals surface area contributed by atoms with Gasteiger partial charge in [0, 0.05) is 19.2 Å². The van der Waals surface area contributed by atoms with E-state index in [1.165, 1.54) is 26.4 Å². The molecule has 9 heteroatoms. The topological polar surface area (TPSA) is 111 Å². The summed E-state index contributed by atoms with van der Waals surface area (Å²) in [6.45, 7) is 4.80. The quantitative estimate of drug-likeness (QED) is 0.707. The van der Waals surface area contributed by atoms with Crippen LogP contribution in [0.25, 0.3) is 0 Å². The average molecular weight is 373 g/mol. The number of hydrogen-bond acceptors (Lipinski definition) is 6. The predicted octanol–water partition coefficient (Wildman–Crippen LogP) is 1.13. The zero-order chi connectivity index (χ0) is 19.4. The van der Waals surface area contributed by atoms with E-state index >= 15 is 0 Å². The van der Waals surface area contributed by atoms with Crippen molar-refractivity contribution < 1.29 is 22.7 Å². The van der Waals surface area contributed by atoms with Crippen molar-refractivity contribution >= 4 is 21.6 Å². The van der Waals surface area contributed by atoms with Gasteiger partial charge in [-0.2, -0.15) is 0 Å². The Kier molecular flexibility index (Phi) is 6.67. The largest absolute Gasteiger partial charge is 0.493 e. The van der Waals surface area contributed by atoms with Gasteiger partial charge < -0.3 is 20.1 Å². The summed E-state index contributed by atoms with van der Waals surface area (Å²) in [5.74, 6) is 0.180. The minimum atomic E-state index is -3.56. The summed E-state index contributed by atoms with van der Waals surface area (Å²) in [5, 5.41) is 0. The SMILES string of the molecule is COc1cc(C(=O)N(C)CC(C)(C)CN)cc(NS(C)(=O)=O)c1OC. The molecule has 0 radical (unpaired) electrons. The van der Waals surface area contributed by atoms with E-state index in [1.807, 2.05) is 13.8 Å². The second-order valence-corrected chi connectivity index (χ2v) is 8.41. The van der Waals surface area contributed by atoms with Crippen molar-refractivity contribution in [3.05, 3.63) is 17.7 Å². The Hall–Kier alpha value is -2.00. The molecule has 0 spiro atoms. The van der Waals surface area contributed by atoms with E-state index < -0.39 is 10.0 Å². The Labute approximate surface area is 149 Å². The molecule has 0 aliphatic carbocycles. The fourth-order valence-electron chi connectivity index (χ4n) is 2.36. The number of rotatable bonds is 8. The third-order valence-corrected chi connectivity index (χ3v) is 4.18. The van der Waals surface area contributed by atoms with Crippen LogP contribution in [0.3, 0.4) is 0 Å². The third kappa shape index (κ3) is 5.79. The summed E-state index contributed by atoms with van der Waals surface area (Å²) in [6.07, 6.45) is 1.02. The van der Waals surface area contributed by atoms with Gasteiger partial charge in [-0.25, -0.2) is 8.42 Å². The molecule has 0 heterocycles. The molecule has 1 rings (SSSR count). The predicted molar refractivity (Wildman–Crippen MR) is 97.8 cm³/mol. The highest BCUT2D eigenvalue weighted by Gasteiger charge is 2.24. The maximum absolute atomic E-state index is 12.7. The molecule has 8 nitrogen and oxygen atoms in total. The van der Waals surface area contributed by atoms with Crippen molar-refractivity contribution in [1.29, 1.82) is 0 Å². The summed E-state index contributed by atoms with van der Waals surface area (Å²) >= 11 is 0. The van der Waals surface area contributed by atoms with Crippen molar-refractivity contribution in [1.82, 2.24) is 4.90 Å². The molecule has 0 saturated carbocycles. The molecule has 0 fully saturated rings. The molecule has 0 unspecified atom stereocenters. The van der Waals surface area contributed by atoms with Crippen LogP contribution in [0.1, 0.15) is 24.2 Å². The van der Waals surface area contributed by atoms with Crippen LogP contribution in [0.4, 0.5) is 5.69 Å². The molecular weight excluding hydrogens is 346 g/mol. The second kappa shape index (κ2) is 7.92. The number of nitrogens with zero attached hydrogens (tertiary/aromatic N) is 1. The molecule has 1 aromatic rings. The van der Waals surface area contributed by atoms with E-state index in [1.54, 1.807) is 11.9 Å². The first kappa shape index (κ1) is 21.0. The molecule has 142 valence electrons. The van der Waals surface area contributed by atoms with E-state index in [4.69, 9.17) is 15.2 Å². The van der Waals surface area contributed by atoms with E-state index in [2.05, 4.69) is 4.72 Å². The summed E-state index contributed by atoms with van der Waals surface area (Å²) in [7, 11) is 0.915. The Bertz CT molecular complexity index is 732. The van der Waals surface area contributed by atoms with Crippen molar-refractivity contribution in [2.24, 2.45) is 11.1 Å². The van der Waals surface area contributed by atoms with Crippen LogP contribution in [0.5, 0.6) is 11.5 Å². The maximum Gasteiger partial charge on any atom is 0.253 e. The number of carbonyl (C=O) groups is 1. The molecule has 0 saturated heterocycles. The lowest BCUT2D eigenvalue weighted by atomic mass is 9.93. The van der Waals surface area contributed by atoms with Crippen LogP contribution < -0.4 is 19.9 Å². The van der Waals surface area contributed by atoms with Gasteiger partial charge in [-0.05, 0) is 24.1 Å². The van der Waals surface area contributed by atoms with Gasteiger partial charge in [-0.3, -0.25) is 9.52 Å². The molecule has 0 aliphatic rings. The number of methoxy groups -OCH3 is 2. The van der Waals surface area contributed by atoms with Crippen molar-refractivity contribution in [2.75, 3.05) is 45.3 Å². The smallest absolute Gasteiger partial charge is 0.253 e. The lowest BCUT2D eigenvalue weighted by Crippen LogP contribution is -2.39. The highest BCUT2D eigenvalue weighted by Crippen LogP contribution is 2.37. The molecule has 0 aromatic heterocycles. The molecule has 25 heavy (non-hydrogen) atoms. The molecular formula is C16H27N3O5S. The number of anilines is 1. The number of hydrogen-bond donors (Lipinski definition) is 2. The van der Waals surface area contributed by atoms with Gasteiger partial charge in [0.2, 0.25) is 10.0 Å². The van der Waals surface area contributed by atoms with Gasteiger partial charge >= 0.3 is 0 Å². The van der Waals surface area contributed by atoms with E-state index in [-0.39, 0.29) is 34.1 Å². The van der Waals surface area contributed by atoms with Gasteiger partial charge in [0.15, 0.2) is 11.5 Å². The van der Waals surface area contributed by atoms with Gasteiger partial charge in [0.25, 0.3) is 5.91 Å². The minimum Gasteiger partial charge on any atom is -0.493 e. The van der Waals surface area contributed by atoms with Crippen molar-refractivity contribution in [3.63, 3.8) is 0 Å². The minimum absolute atomic E-state index is 0.138. The standard InChI is InChI=1S/C16H27N3O5S/c1-16(2,9-17)10-19(3)15(20)11-7-12(18-25(6,21)22)14(24-5)13(8-11)23-4/h7-8,18H,9-10,17H2,1-6H3. The fourth-order valence-corrected chi connectivity index (χ4v) is 2.91. The fraction of sp³-hybridized carbons (Fsp3) is 0.562. The molecule has 0 aliphatic heterocycles. The first-order chi connectivity index (χ1) is 11.4. The van der Waals surface area contributed by atoms with Crippen LogP contribution in [-0.2, 0) is 10.0 Å². The molecule has 1 amide bonds. The number of sulfonamides is 1. The van der Waals surface area contributed by atoms with Gasteiger partial charge in [0.05, 0.1) is 26.2 Å². The van der Waals surface area contributed by atoms with Gasteiger partial charge in [-0.1, -0.05) is 13.8 Å². The first-order valence-corrected chi connectivity index (χ1v) is 9.52. The van der Waals surface area contributed by atoms with E-state index in [9.17, 15) is 13.2 Å². The van der Waals surface area contributed by atoms with E-state index in [0.29, 0.717) is 13.1 Å². The Morgan fingerprint density at radius 1 is 1.28 bits per heavy atom. The second-order valence-electron chi connectivity index (χ2n) is 6.66. The number of carbonyl (C=O) groups excluding carboxylic acids is 1. The Balaban J connectivity index is 3.31. The number of nitrogens with two attached hydrogens (primary N) is 1. The van der Waals surface area contributed by atoms with Crippen LogP contribution in [0.15, 0.2) is 12.1 Å². The summed E-state index contributed by atoms with van der Waals surface area (Å²) in [5.41, 5.74) is 5.89. The Morgan fingerprint density at radius 3 is 2.32 bits per heavy atom. The zero-order valence-corrected chi connectivity index (χ0v) is 16.4. The van der Waals surface area contributed by atoms with Crippen LogP contribution in [0, 0.1) is 5.41 Å². The number of ether oxygens (including phenoxy) is 2. The van der Waals surface area contributed by atoms with Crippen molar-refractivity contribution in [2.45, 2.75) is 13.8 Å². The summed E-state index contributed by atoms with van der Waals surface area (Å²) in [6, 6.07) is 2.94. The van der Waals surface area contributed by atoms with Crippen molar-refractivity contribution in [3.8, 4) is 11.5 Å². The van der Waals surface area contributed by atoms with E-state index in [0.717, 1.165) is 6.26 Å². The summed E-state index contributed by atoms with van der Waals surface area (Å²) < 4.78 is 36.0. The maximum atomic E-state index is 12.7. The number of amides is 1. The third-order valence-electron chi connectivity index (χ3n) is 3.59. The van der Waals surface area contributed by atoms with Crippen LogP contribution in [-0.4, -0.2) is 59.8 Å². The average Bonchev–Trinajstić information content (AvgIpc) is 2.51. The highest BCUT2D eigenvalue weighted by molar-refractivity contribution is 7.92. The van der Waals surface area contributed by atoms with Gasteiger partial charge in [0.1, 0.15) is 0 Å². The van der Waals surface area contributed by atoms with Crippen LogP contribution in [0.2, 0.25) is 0 Å². The first-order valence-electron chi connectivity index (χ1n) is 7.63. The van der Waals surface area contributed by atoms with Crippen LogP contribution >= 0.6 is 0 Å². The Morgan fingerprint density at radius 2 is 1.88 bits per heavy atom. The molecule has 0 bridgehead atoms. The lowest BCUT2D eigenvalue weighted by molar-refractivity contribution is 0.0740. The zero-order valence-electron chi connectivity index (χ0n) is 15.5. The normalized spacial score (nSPS) is 11.8. The lowest BCUT2D eigenvalue weighted by Gasteiger charge is -2.29. The number of nitrogens with one attached hydrogen (secondary N) is 1. The van der Waals surface area contributed by atoms with Gasteiger partial charge in [-0.15, -0.1) is 0 Å². The molecule has 1 aromatic carbocycles. The number of benzene rings is 1. The molecule has 0 atom stereocenters. The summed E-state index contributed by atoms with van der Waals surface area (Å²) in [4.78, 5) is 14.3. The monoisotopic (exact) mass is 373 g/mol. The molecule has 3 N–H and O–H groups in total. The highest BCUT2D eigenvalue weighted by atomic mass is 32.2.